The van der Waals surface area contributed by atoms with E-state index in [0.29, 0.717) is 24.2 Å². The molecule has 2 rings (SSSR count). The maximum Gasteiger partial charge on any atom is 0.251 e. The average molecular weight is 353 g/mol. The number of sulfonamides is 1. The molecule has 1 aliphatic rings. The van der Waals surface area contributed by atoms with Crippen molar-refractivity contribution in [2.45, 2.75) is 63.8 Å². The maximum absolute atomic E-state index is 13.0. The molecule has 0 bridgehead atoms. The van der Waals surface area contributed by atoms with Crippen molar-refractivity contribution in [1.82, 2.24) is 9.62 Å². The summed E-state index contributed by atoms with van der Waals surface area (Å²) in [5.74, 6) is -0.255. The van der Waals surface area contributed by atoms with E-state index < -0.39 is 10.0 Å². The van der Waals surface area contributed by atoms with Crippen LogP contribution < -0.4 is 5.32 Å². The van der Waals surface area contributed by atoms with E-state index in [2.05, 4.69) is 5.32 Å². The van der Waals surface area contributed by atoms with E-state index >= 15 is 0 Å². The molecular formula is C18H28N2O3S. The van der Waals surface area contributed by atoms with Crippen LogP contribution in [-0.2, 0) is 10.0 Å². The summed E-state index contributed by atoms with van der Waals surface area (Å²) in [4.78, 5) is 12.6. The van der Waals surface area contributed by atoms with Gasteiger partial charge in [-0.2, -0.15) is 4.31 Å². The summed E-state index contributed by atoms with van der Waals surface area (Å²) in [6.45, 7) is 8.58. The topological polar surface area (TPSA) is 66.5 Å². The van der Waals surface area contributed by atoms with Gasteiger partial charge in [-0.3, -0.25) is 4.79 Å². The molecule has 24 heavy (non-hydrogen) atoms. The first-order valence-corrected chi connectivity index (χ1v) is 9.98. The van der Waals surface area contributed by atoms with Gasteiger partial charge in [0.2, 0.25) is 10.0 Å². The molecule has 1 N–H and O–H groups in total. The number of hydrogen-bond donors (Lipinski definition) is 1. The molecule has 134 valence electrons. The third-order valence-corrected chi connectivity index (χ3v) is 6.16. The fourth-order valence-electron chi connectivity index (χ4n) is 2.85. The Balaban J connectivity index is 2.35. The lowest BCUT2D eigenvalue weighted by Crippen LogP contribution is -2.40. The number of rotatable bonds is 3. The van der Waals surface area contributed by atoms with Gasteiger partial charge >= 0.3 is 0 Å². The second-order valence-electron chi connectivity index (χ2n) is 7.50. The fourth-order valence-corrected chi connectivity index (χ4v) is 4.62. The van der Waals surface area contributed by atoms with Crippen molar-refractivity contribution < 1.29 is 13.2 Å². The lowest BCUT2D eigenvalue weighted by atomic mass is 10.1. The third kappa shape index (κ3) is 4.57. The van der Waals surface area contributed by atoms with Gasteiger partial charge in [-0.05, 0) is 58.2 Å². The minimum Gasteiger partial charge on any atom is -0.347 e. The lowest BCUT2D eigenvalue weighted by molar-refractivity contribution is 0.0919. The minimum atomic E-state index is -3.56. The zero-order chi connectivity index (χ0) is 18.0. The van der Waals surface area contributed by atoms with E-state index in [0.717, 1.165) is 25.7 Å². The van der Waals surface area contributed by atoms with E-state index in [4.69, 9.17) is 0 Å². The molecule has 1 amide bonds. The van der Waals surface area contributed by atoms with Crippen molar-refractivity contribution in [3.05, 3.63) is 29.3 Å². The Hall–Kier alpha value is -1.40. The van der Waals surface area contributed by atoms with E-state index in [1.807, 2.05) is 20.8 Å². The summed E-state index contributed by atoms with van der Waals surface area (Å²) >= 11 is 0. The normalized spacial score (nSPS) is 17.3. The van der Waals surface area contributed by atoms with Gasteiger partial charge in [0.05, 0.1) is 4.90 Å². The van der Waals surface area contributed by atoms with Gasteiger partial charge in [-0.25, -0.2) is 8.42 Å². The van der Waals surface area contributed by atoms with Crippen molar-refractivity contribution >= 4 is 15.9 Å². The predicted molar refractivity (Wildman–Crippen MR) is 95.6 cm³/mol. The molecule has 1 saturated heterocycles. The number of carbonyl (C=O) groups excluding carboxylic acids is 1. The minimum absolute atomic E-state index is 0.242. The Morgan fingerprint density at radius 2 is 1.67 bits per heavy atom. The Bertz CT molecular complexity index is 697. The molecule has 0 unspecified atom stereocenters. The number of carbonyl (C=O) groups is 1. The van der Waals surface area contributed by atoms with Crippen LogP contribution in [0.1, 0.15) is 62.4 Å². The van der Waals surface area contributed by atoms with E-state index in [-0.39, 0.29) is 16.3 Å². The maximum atomic E-state index is 13.0. The zero-order valence-electron chi connectivity index (χ0n) is 15.1. The Labute approximate surface area is 145 Å². The molecular weight excluding hydrogens is 324 g/mol. The molecule has 0 aromatic heterocycles. The zero-order valence-corrected chi connectivity index (χ0v) is 15.9. The van der Waals surface area contributed by atoms with Crippen LogP contribution in [0.3, 0.4) is 0 Å². The Morgan fingerprint density at radius 1 is 1.08 bits per heavy atom. The van der Waals surface area contributed by atoms with Crippen molar-refractivity contribution in [3.63, 3.8) is 0 Å². The molecule has 1 aromatic rings. The lowest BCUT2D eigenvalue weighted by Gasteiger charge is -2.23. The first kappa shape index (κ1) is 18.9. The smallest absolute Gasteiger partial charge is 0.251 e. The van der Waals surface area contributed by atoms with Crippen molar-refractivity contribution in [1.29, 1.82) is 0 Å². The van der Waals surface area contributed by atoms with Crippen molar-refractivity contribution in [2.75, 3.05) is 13.1 Å². The van der Waals surface area contributed by atoms with Gasteiger partial charge in [0.1, 0.15) is 0 Å². The second kappa shape index (κ2) is 7.23. The van der Waals surface area contributed by atoms with Gasteiger partial charge < -0.3 is 5.32 Å². The third-order valence-electron chi connectivity index (χ3n) is 4.12. The SMILES string of the molecule is Cc1ccc(C(=O)NC(C)(C)C)cc1S(=O)(=O)N1CCCCCC1. The first-order chi connectivity index (χ1) is 11.1. The van der Waals surface area contributed by atoms with Gasteiger partial charge in [0.15, 0.2) is 0 Å². The summed E-state index contributed by atoms with van der Waals surface area (Å²) in [5.41, 5.74) is 0.682. The van der Waals surface area contributed by atoms with Crippen LogP contribution in [0.2, 0.25) is 0 Å². The quantitative estimate of drug-likeness (QED) is 0.909. The van der Waals surface area contributed by atoms with Crippen LogP contribution in [0, 0.1) is 6.92 Å². The van der Waals surface area contributed by atoms with E-state index in [1.54, 1.807) is 23.4 Å². The Kier molecular flexibility index (Phi) is 5.71. The van der Waals surface area contributed by atoms with Crippen molar-refractivity contribution in [2.24, 2.45) is 0 Å². The van der Waals surface area contributed by atoms with Crippen LogP contribution in [0.5, 0.6) is 0 Å². The summed E-state index contributed by atoms with van der Waals surface area (Å²) in [6.07, 6.45) is 3.92. The highest BCUT2D eigenvalue weighted by Crippen LogP contribution is 2.24. The van der Waals surface area contributed by atoms with Gasteiger partial charge in [0.25, 0.3) is 5.91 Å². The summed E-state index contributed by atoms with van der Waals surface area (Å²) in [6, 6.07) is 4.90. The van der Waals surface area contributed by atoms with Crippen LogP contribution in [0.25, 0.3) is 0 Å². The number of aryl methyl sites for hydroxylation is 1. The van der Waals surface area contributed by atoms with Crippen LogP contribution >= 0.6 is 0 Å². The van der Waals surface area contributed by atoms with Gasteiger partial charge in [-0.15, -0.1) is 0 Å². The first-order valence-electron chi connectivity index (χ1n) is 8.54. The fraction of sp³-hybridized carbons (Fsp3) is 0.611. The molecule has 1 heterocycles. The molecule has 1 aromatic carbocycles. The van der Waals surface area contributed by atoms with Gasteiger partial charge in [0, 0.05) is 24.2 Å². The summed E-state index contributed by atoms with van der Waals surface area (Å²) in [7, 11) is -3.56. The molecule has 0 saturated carbocycles. The molecule has 0 atom stereocenters. The monoisotopic (exact) mass is 352 g/mol. The standard InChI is InChI=1S/C18H28N2O3S/c1-14-9-10-15(17(21)19-18(2,3)4)13-16(14)24(22,23)20-11-7-5-6-8-12-20/h9-10,13H,5-8,11-12H2,1-4H3,(H,19,21). The number of nitrogens with zero attached hydrogens (tertiary/aromatic N) is 1. The summed E-state index contributed by atoms with van der Waals surface area (Å²) < 4.78 is 27.6. The summed E-state index contributed by atoms with van der Waals surface area (Å²) in [5, 5.41) is 2.88. The van der Waals surface area contributed by atoms with E-state index in [1.165, 1.54) is 6.07 Å². The molecule has 0 spiro atoms. The van der Waals surface area contributed by atoms with Crippen LogP contribution in [0.15, 0.2) is 23.1 Å². The largest absolute Gasteiger partial charge is 0.347 e. The number of benzene rings is 1. The molecule has 1 aliphatic heterocycles. The molecule has 0 aliphatic carbocycles. The number of amides is 1. The Morgan fingerprint density at radius 3 is 2.21 bits per heavy atom. The number of hydrogen-bond acceptors (Lipinski definition) is 3. The van der Waals surface area contributed by atoms with E-state index in [9.17, 15) is 13.2 Å². The highest BCUT2D eigenvalue weighted by Gasteiger charge is 2.27. The molecule has 0 radical (unpaired) electrons. The number of nitrogens with one attached hydrogen (secondary N) is 1. The highest BCUT2D eigenvalue weighted by atomic mass is 32.2. The van der Waals surface area contributed by atoms with Crippen LogP contribution in [0.4, 0.5) is 0 Å². The molecule has 5 nitrogen and oxygen atoms in total. The van der Waals surface area contributed by atoms with Gasteiger partial charge in [-0.1, -0.05) is 18.9 Å². The molecule has 6 heteroatoms. The highest BCUT2D eigenvalue weighted by molar-refractivity contribution is 7.89. The van der Waals surface area contributed by atoms with Crippen LogP contribution in [-0.4, -0.2) is 37.3 Å². The van der Waals surface area contributed by atoms with Crippen molar-refractivity contribution in [3.8, 4) is 0 Å². The second-order valence-corrected chi connectivity index (χ2v) is 9.41. The molecule has 1 fully saturated rings. The average Bonchev–Trinajstić information content (AvgIpc) is 2.75. The predicted octanol–water partition coefficient (Wildman–Crippen LogP) is 3.09.